The molecular weight excluding hydrogens is 382 g/mol. The van der Waals surface area contributed by atoms with Crippen molar-refractivity contribution < 1.29 is 14.4 Å². The summed E-state index contributed by atoms with van der Waals surface area (Å²) in [5.41, 5.74) is 3.76. The zero-order valence-electron chi connectivity index (χ0n) is 17.1. The average molecular weight is 405 g/mol. The van der Waals surface area contributed by atoms with Crippen molar-refractivity contribution in [2.24, 2.45) is 0 Å². The Labute approximate surface area is 173 Å². The predicted molar refractivity (Wildman–Crippen MR) is 113 cm³/mol. The Balaban J connectivity index is 1.52. The van der Waals surface area contributed by atoms with E-state index in [1.54, 1.807) is 11.9 Å². The average Bonchev–Trinajstić information content (AvgIpc) is 3.34. The summed E-state index contributed by atoms with van der Waals surface area (Å²) in [5, 5.41) is 18.4. The minimum atomic E-state index is -0.844. The van der Waals surface area contributed by atoms with E-state index in [1.807, 2.05) is 53.3 Å². The molecule has 1 N–H and O–H groups in total. The fraction of sp³-hybridized carbons (Fsp3) is 0.273. The summed E-state index contributed by atoms with van der Waals surface area (Å²) >= 11 is 0. The lowest BCUT2D eigenvalue weighted by Crippen LogP contribution is -2.25. The monoisotopic (exact) mass is 405 g/mol. The number of aromatic nitrogens is 4. The molecule has 0 spiro atoms. The van der Waals surface area contributed by atoms with E-state index in [4.69, 9.17) is 9.63 Å². The van der Waals surface area contributed by atoms with Crippen LogP contribution in [0.5, 0.6) is 0 Å². The lowest BCUT2D eigenvalue weighted by atomic mass is 10.1. The van der Waals surface area contributed by atoms with Crippen LogP contribution >= 0.6 is 0 Å². The Morgan fingerprint density at radius 3 is 2.60 bits per heavy atom. The van der Waals surface area contributed by atoms with Crippen molar-refractivity contribution in [3.8, 4) is 22.8 Å². The summed E-state index contributed by atoms with van der Waals surface area (Å²) in [5.74, 6) is 0.117. The number of carboxylic acid groups (broad SMARTS) is 1. The van der Waals surface area contributed by atoms with E-state index >= 15 is 0 Å². The van der Waals surface area contributed by atoms with Crippen molar-refractivity contribution in [3.63, 3.8) is 0 Å². The summed E-state index contributed by atoms with van der Waals surface area (Å²) < 4.78 is 7.46. The number of likely N-dealkylation sites (N-methyl/N-ethyl adjacent to an activating group) is 1. The van der Waals surface area contributed by atoms with Crippen LogP contribution in [0.2, 0.25) is 0 Å². The van der Waals surface area contributed by atoms with Crippen LogP contribution in [0.4, 0.5) is 0 Å². The number of rotatable bonds is 7. The molecule has 8 nitrogen and oxygen atoms in total. The Morgan fingerprint density at radius 2 is 1.90 bits per heavy atom. The third-order valence-electron chi connectivity index (χ3n) is 4.83. The van der Waals surface area contributed by atoms with Crippen LogP contribution in [-0.2, 0) is 11.3 Å². The maximum Gasteiger partial charge on any atom is 0.317 e. The van der Waals surface area contributed by atoms with Crippen LogP contribution in [0.3, 0.4) is 0 Å². The summed E-state index contributed by atoms with van der Waals surface area (Å²) in [6, 6.07) is 14.0. The summed E-state index contributed by atoms with van der Waals surface area (Å²) in [6.45, 7) is 4.74. The zero-order valence-corrected chi connectivity index (χ0v) is 17.1. The molecule has 154 valence electrons. The van der Waals surface area contributed by atoms with Gasteiger partial charge in [-0.05, 0) is 44.7 Å². The third kappa shape index (κ3) is 4.08. The third-order valence-corrected chi connectivity index (χ3v) is 4.83. The SMILES string of the molecule is CC(C)n1ncc2cc(-c3nc(-c4ccc(CN(C)CC(=O)O)cc4)no3)ccc21. The van der Waals surface area contributed by atoms with Gasteiger partial charge in [0.15, 0.2) is 0 Å². The van der Waals surface area contributed by atoms with E-state index in [0.717, 1.165) is 27.6 Å². The van der Waals surface area contributed by atoms with Gasteiger partial charge in [0.25, 0.3) is 5.89 Å². The lowest BCUT2D eigenvalue weighted by Gasteiger charge is -2.13. The van der Waals surface area contributed by atoms with Gasteiger partial charge in [0, 0.05) is 29.1 Å². The molecule has 0 saturated carbocycles. The molecule has 0 aliphatic carbocycles. The van der Waals surface area contributed by atoms with Gasteiger partial charge >= 0.3 is 5.97 Å². The first-order valence-corrected chi connectivity index (χ1v) is 9.71. The van der Waals surface area contributed by atoms with Gasteiger partial charge < -0.3 is 9.63 Å². The Kier molecular flexibility index (Phi) is 5.33. The number of carbonyl (C=O) groups is 1. The molecular formula is C22H23N5O3. The molecule has 0 fully saturated rings. The summed E-state index contributed by atoms with van der Waals surface area (Å²) in [7, 11) is 1.77. The molecule has 0 bridgehead atoms. The largest absolute Gasteiger partial charge is 0.480 e. The van der Waals surface area contributed by atoms with Gasteiger partial charge in [-0.2, -0.15) is 10.1 Å². The van der Waals surface area contributed by atoms with Gasteiger partial charge in [-0.15, -0.1) is 0 Å². The number of hydrogen-bond donors (Lipinski definition) is 1. The fourth-order valence-electron chi connectivity index (χ4n) is 3.41. The van der Waals surface area contributed by atoms with Crippen molar-refractivity contribution in [2.75, 3.05) is 13.6 Å². The Hall–Kier alpha value is -3.52. The van der Waals surface area contributed by atoms with Crippen molar-refractivity contribution in [3.05, 3.63) is 54.2 Å². The Morgan fingerprint density at radius 1 is 1.17 bits per heavy atom. The molecule has 30 heavy (non-hydrogen) atoms. The molecule has 8 heteroatoms. The van der Waals surface area contributed by atoms with Gasteiger partial charge in [0.1, 0.15) is 0 Å². The second-order valence-electron chi connectivity index (χ2n) is 7.64. The molecule has 0 aliphatic heterocycles. The minimum Gasteiger partial charge on any atom is -0.480 e. The van der Waals surface area contributed by atoms with E-state index in [9.17, 15) is 4.79 Å². The molecule has 0 amide bonds. The van der Waals surface area contributed by atoms with Gasteiger partial charge in [-0.25, -0.2) is 0 Å². The van der Waals surface area contributed by atoms with Crippen molar-refractivity contribution >= 4 is 16.9 Å². The first-order valence-electron chi connectivity index (χ1n) is 9.71. The molecule has 4 aromatic rings. The molecule has 2 aromatic heterocycles. The number of carboxylic acids is 1. The summed E-state index contributed by atoms with van der Waals surface area (Å²) in [4.78, 5) is 17.1. The molecule has 0 unspecified atom stereocenters. The lowest BCUT2D eigenvalue weighted by molar-refractivity contribution is -0.138. The van der Waals surface area contributed by atoms with Crippen LogP contribution < -0.4 is 0 Å². The molecule has 0 aliphatic rings. The molecule has 2 aromatic carbocycles. The molecule has 4 rings (SSSR count). The number of benzene rings is 2. The molecule has 2 heterocycles. The van der Waals surface area contributed by atoms with Gasteiger partial charge in [0.2, 0.25) is 5.82 Å². The van der Waals surface area contributed by atoms with Crippen molar-refractivity contribution in [1.29, 1.82) is 0 Å². The topological polar surface area (TPSA) is 97.3 Å². The smallest absolute Gasteiger partial charge is 0.317 e. The van der Waals surface area contributed by atoms with E-state index in [-0.39, 0.29) is 12.6 Å². The zero-order chi connectivity index (χ0) is 21.3. The minimum absolute atomic E-state index is 0.00360. The maximum absolute atomic E-state index is 10.8. The fourth-order valence-corrected chi connectivity index (χ4v) is 3.41. The van der Waals surface area contributed by atoms with Crippen LogP contribution in [-0.4, -0.2) is 49.5 Å². The van der Waals surface area contributed by atoms with Gasteiger partial charge in [0.05, 0.1) is 18.3 Å². The Bertz CT molecular complexity index is 1180. The highest BCUT2D eigenvalue weighted by Crippen LogP contribution is 2.27. The summed E-state index contributed by atoms with van der Waals surface area (Å²) in [6.07, 6.45) is 1.84. The number of fused-ring (bicyclic) bond motifs is 1. The van der Waals surface area contributed by atoms with Crippen LogP contribution in [0.15, 0.2) is 53.2 Å². The number of nitrogens with zero attached hydrogens (tertiary/aromatic N) is 5. The number of hydrogen-bond acceptors (Lipinski definition) is 6. The number of aliphatic carboxylic acids is 1. The van der Waals surface area contributed by atoms with Gasteiger partial charge in [-0.1, -0.05) is 29.4 Å². The second-order valence-corrected chi connectivity index (χ2v) is 7.64. The van der Waals surface area contributed by atoms with Crippen molar-refractivity contribution in [2.45, 2.75) is 26.4 Å². The van der Waals surface area contributed by atoms with Crippen molar-refractivity contribution in [1.82, 2.24) is 24.8 Å². The molecule has 0 atom stereocenters. The quantitative estimate of drug-likeness (QED) is 0.499. The highest BCUT2D eigenvalue weighted by molar-refractivity contribution is 5.83. The standard InChI is InChI=1S/C22H23N5O3/c1-14(2)27-19-9-8-17(10-18(19)11-23-27)22-24-21(25-30-22)16-6-4-15(5-7-16)12-26(3)13-20(28)29/h4-11,14H,12-13H2,1-3H3,(H,28,29). The van der Waals surface area contributed by atoms with Crippen LogP contribution in [0, 0.1) is 0 Å². The molecule has 0 saturated heterocycles. The van der Waals surface area contributed by atoms with Gasteiger partial charge in [-0.3, -0.25) is 14.4 Å². The van der Waals surface area contributed by atoms with E-state index < -0.39 is 5.97 Å². The normalized spacial score (nSPS) is 11.6. The van der Waals surface area contributed by atoms with E-state index in [2.05, 4.69) is 29.1 Å². The van der Waals surface area contributed by atoms with Crippen LogP contribution in [0.25, 0.3) is 33.7 Å². The highest BCUT2D eigenvalue weighted by atomic mass is 16.5. The maximum atomic E-state index is 10.8. The molecule has 0 radical (unpaired) electrons. The first-order chi connectivity index (χ1) is 14.4. The predicted octanol–water partition coefficient (Wildman–Crippen LogP) is 3.85. The first kappa shape index (κ1) is 19.8. The second kappa shape index (κ2) is 8.08. The van der Waals surface area contributed by atoms with E-state index in [0.29, 0.717) is 18.3 Å². The highest BCUT2D eigenvalue weighted by Gasteiger charge is 2.13. The van der Waals surface area contributed by atoms with Crippen LogP contribution in [0.1, 0.15) is 25.5 Å². The van der Waals surface area contributed by atoms with E-state index in [1.165, 1.54) is 0 Å².